The van der Waals surface area contributed by atoms with Crippen LogP contribution in [0.5, 0.6) is 0 Å². The molecule has 0 spiro atoms. The van der Waals surface area contributed by atoms with Crippen molar-refractivity contribution in [1.29, 1.82) is 0 Å². The predicted molar refractivity (Wildman–Crippen MR) is 101 cm³/mol. The number of likely N-dealkylation sites (N-methyl/N-ethyl adjacent to an activating group) is 1. The molecule has 1 atom stereocenters. The minimum absolute atomic E-state index is 0.0522. The lowest BCUT2D eigenvalue weighted by Crippen LogP contribution is -2.37. The van der Waals surface area contributed by atoms with E-state index in [2.05, 4.69) is 15.5 Å². The van der Waals surface area contributed by atoms with Crippen LogP contribution in [0.1, 0.15) is 17.2 Å². The third-order valence-corrected chi connectivity index (χ3v) is 4.73. The molecular weight excluding hydrogens is 354 g/mol. The van der Waals surface area contributed by atoms with Crippen molar-refractivity contribution in [3.63, 3.8) is 0 Å². The van der Waals surface area contributed by atoms with Gasteiger partial charge in [-0.25, -0.2) is 0 Å². The number of benzene rings is 2. The zero-order chi connectivity index (χ0) is 18.7. The lowest BCUT2D eigenvalue weighted by atomic mass is 10.0. The van der Waals surface area contributed by atoms with Crippen molar-refractivity contribution in [3.8, 4) is 0 Å². The Morgan fingerprint density at radius 1 is 1.23 bits per heavy atom. The van der Waals surface area contributed by atoms with Crippen molar-refractivity contribution in [1.82, 2.24) is 5.32 Å². The lowest BCUT2D eigenvalue weighted by molar-refractivity contribution is -0.136. The average molecular weight is 374 g/mol. The molecule has 3 N–H and O–H groups in total. The van der Waals surface area contributed by atoms with Crippen LogP contribution >= 0.6 is 11.6 Å². The quantitative estimate of drug-likeness (QED) is 0.717. The summed E-state index contributed by atoms with van der Waals surface area (Å²) in [7, 11) is 2.03. The molecule has 1 aliphatic heterocycles. The zero-order valence-corrected chi connectivity index (χ0v) is 15.1. The molecule has 1 heterocycles. The maximum absolute atomic E-state index is 11.9. The summed E-state index contributed by atoms with van der Waals surface area (Å²) in [5.41, 5.74) is 3.40. The number of aliphatic hydroxyl groups is 1. The highest BCUT2D eigenvalue weighted by atomic mass is 35.5. The Hall–Kier alpha value is -2.57. The largest absolute Gasteiger partial charge is 0.387 e. The minimum Gasteiger partial charge on any atom is -0.387 e. The molecule has 0 aliphatic carbocycles. The maximum Gasteiger partial charge on any atom is 0.313 e. The molecule has 1 aliphatic rings. The Labute approximate surface area is 156 Å². The van der Waals surface area contributed by atoms with Crippen molar-refractivity contribution in [2.45, 2.75) is 12.5 Å². The van der Waals surface area contributed by atoms with Crippen LogP contribution in [0.2, 0.25) is 5.02 Å². The monoisotopic (exact) mass is 373 g/mol. The number of carbonyl (C=O) groups excluding carboxylic acids is 2. The first kappa shape index (κ1) is 18.2. The molecule has 0 fully saturated rings. The van der Waals surface area contributed by atoms with Gasteiger partial charge in [-0.2, -0.15) is 0 Å². The van der Waals surface area contributed by atoms with Crippen LogP contribution in [0.4, 0.5) is 11.4 Å². The number of para-hydroxylation sites is 1. The van der Waals surface area contributed by atoms with Gasteiger partial charge in [-0.15, -0.1) is 0 Å². The molecule has 2 amide bonds. The summed E-state index contributed by atoms with van der Waals surface area (Å²) in [5.74, 6) is -1.66. The number of carbonyl (C=O) groups is 2. The number of halogens is 1. The fraction of sp³-hybridized carbons (Fsp3) is 0.263. The van der Waals surface area contributed by atoms with Crippen LogP contribution in [-0.4, -0.2) is 37.1 Å². The van der Waals surface area contributed by atoms with E-state index in [1.165, 1.54) is 5.56 Å². The second-order valence-electron chi connectivity index (χ2n) is 6.22. The van der Waals surface area contributed by atoms with E-state index in [4.69, 9.17) is 11.6 Å². The van der Waals surface area contributed by atoms with Gasteiger partial charge in [0.1, 0.15) is 0 Å². The molecule has 0 aromatic heterocycles. The number of anilines is 2. The van der Waals surface area contributed by atoms with Crippen molar-refractivity contribution in [2.75, 3.05) is 30.4 Å². The van der Waals surface area contributed by atoms with E-state index in [9.17, 15) is 14.7 Å². The van der Waals surface area contributed by atoms with Gasteiger partial charge in [-0.3, -0.25) is 9.59 Å². The van der Waals surface area contributed by atoms with Crippen LogP contribution in [0, 0.1) is 0 Å². The number of hydrogen-bond donors (Lipinski definition) is 3. The van der Waals surface area contributed by atoms with Gasteiger partial charge < -0.3 is 20.6 Å². The van der Waals surface area contributed by atoms with E-state index >= 15 is 0 Å². The highest BCUT2D eigenvalue weighted by Gasteiger charge is 2.20. The zero-order valence-electron chi connectivity index (χ0n) is 14.3. The van der Waals surface area contributed by atoms with Gasteiger partial charge in [0.15, 0.2) is 0 Å². The number of nitrogens with zero attached hydrogens (tertiary/aromatic N) is 1. The molecule has 2 aromatic carbocycles. The topological polar surface area (TPSA) is 81.7 Å². The van der Waals surface area contributed by atoms with Crippen molar-refractivity contribution in [3.05, 3.63) is 58.6 Å². The van der Waals surface area contributed by atoms with E-state index in [1.807, 2.05) is 25.2 Å². The normalized spacial score (nSPS) is 13.9. The smallest absolute Gasteiger partial charge is 0.313 e. The molecule has 3 rings (SSSR count). The van der Waals surface area contributed by atoms with Crippen LogP contribution in [0.25, 0.3) is 0 Å². The summed E-state index contributed by atoms with van der Waals surface area (Å²) in [6.45, 7) is 0.900. The van der Waals surface area contributed by atoms with Crippen molar-refractivity contribution >= 4 is 34.8 Å². The number of amides is 2. The molecule has 7 heteroatoms. The molecule has 0 bridgehead atoms. The summed E-state index contributed by atoms with van der Waals surface area (Å²) in [6, 6.07) is 12.4. The fourth-order valence-corrected chi connectivity index (χ4v) is 3.11. The van der Waals surface area contributed by atoms with E-state index < -0.39 is 17.9 Å². The minimum atomic E-state index is -0.886. The van der Waals surface area contributed by atoms with Gasteiger partial charge in [-0.1, -0.05) is 35.9 Å². The summed E-state index contributed by atoms with van der Waals surface area (Å²) in [6.07, 6.45) is 0.0437. The number of fused-ring (bicyclic) bond motifs is 1. The van der Waals surface area contributed by atoms with Crippen LogP contribution in [-0.2, 0) is 16.0 Å². The number of hydrogen-bond acceptors (Lipinski definition) is 4. The number of rotatable bonds is 4. The molecule has 0 saturated carbocycles. The van der Waals surface area contributed by atoms with Gasteiger partial charge in [0.25, 0.3) is 0 Å². The lowest BCUT2D eigenvalue weighted by Gasteiger charge is -2.15. The molecule has 2 aromatic rings. The highest BCUT2D eigenvalue weighted by Crippen LogP contribution is 2.29. The number of aliphatic hydroxyl groups excluding tert-OH is 1. The molecule has 26 heavy (non-hydrogen) atoms. The standard InChI is InChI=1S/C19H20ClN3O3/c1-23-9-8-12-10-13(6-7-16(12)23)17(24)11-21-18(25)19(26)22-15-5-3-2-4-14(15)20/h2-7,10,17,24H,8-9,11H2,1H3,(H,21,25)(H,22,26)/t17-/m1/s1. The van der Waals surface area contributed by atoms with Gasteiger partial charge in [0.2, 0.25) is 0 Å². The van der Waals surface area contributed by atoms with E-state index in [0.29, 0.717) is 16.3 Å². The Balaban J connectivity index is 1.56. The molecule has 6 nitrogen and oxygen atoms in total. The van der Waals surface area contributed by atoms with E-state index in [-0.39, 0.29) is 6.54 Å². The Morgan fingerprint density at radius 3 is 2.77 bits per heavy atom. The predicted octanol–water partition coefficient (Wildman–Crippen LogP) is 2.12. The molecule has 0 saturated heterocycles. The summed E-state index contributed by atoms with van der Waals surface area (Å²) < 4.78 is 0. The Kier molecular flexibility index (Phi) is 5.44. The number of nitrogens with one attached hydrogen (secondary N) is 2. The van der Waals surface area contributed by atoms with Crippen molar-refractivity contribution < 1.29 is 14.7 Å². The first-order chi connectivity index (χ1) is 12.5. The Morgan fingerprint density at radius 2 is 2.00 bits per heavy atom. The van der Waals surface area contributed by atoms with Crippen LogP contribution in [0.15, 0.2) is 42.5 Å². The fourth-order valence-electron chi connectivity index (χ4n) is 2.92. The molecule has 0 unspecified atom stereocenters. The average Bonchev–Trinajstić information content (AvgIpc) is 3.01. The van der Waals surface area contributed by atoms with Gasteiger partial charge in [-0.05, 0) is 35.7 Å². The summed E-state index contributed by atoms with van der Waals surface area (Å²) in [5, 5.41) is 15.5. The van der Waals surface area contributed by atoms with Gasteiger partial charge in [0, 0.05) is 25.8 Å². The first-order valence-electron chi connectivity index (χ1n) is 8.31. The van der Waals surface area contributed by atoms with Crippen molar-refractivity contribution in [2.24, 2.45) is 0 Å². The van der Waals surface area contributed by atoms with Crippen LogP contribution in [0.3, 0.4) is 0 Å². The summed E-state index contributed by atoms with van der Waals surface area (Å²) in [4.78, 5) is 26.0. The third-order valence-electron chi connectivity index (χ3n) is 4.40. The van der Waals surface area contributed by atoms with Gasteiger partial charge in [0.05, 0.1) is 16.8 Å². The summed E-state index contributed by atoms with van der Waals surface area (Å²) >= 11 is 5.95. The van der Waals surface area contributed by atoms with E-state index in [1.54, 1.807) is 24.3 Å². The van der Waals surface area contributed by atoms with Crippen LogP contribution < -0.4 is 15.5 Å². The molecular formula is C19H20ClN3O3. The molecule has 136 valence electrons. The third kappa shape index (κ3) is 3.98. The second-order valence-corrected chi connectivity index (χ2v) is 6.63. The first-order valence-corrected chi connectivity index (χ1v) is 8.69. The van der Waals surface area contributed by atoms with Gasteiger partial charge >= 0.3 is 11.8 Å². The SMILES string of the molecule is CN1CCc2cc([C@H](O)CNC(=O)C(=O)Nc3ccccc3Cl)ccc21. The maximum atomic E-state index is 11.9. The highest BCUT2D eigenvalue weighted by molar-refractivity contribution is 6.41. The second kappa shape index (κ2) is 7.76. The van der Waals surface area contributed by atoms with E-state index in [0.717, 1.165) is 18.7 Å². The Bertz CT molecular complexity index is 841. The molecule has 0 radical (unpaired) electrons.